The summed E-state index contributed by atoms with van der Waals surface area (Å²) in [4.78, 5) is 2.41. The van der Waals surface area contributed by atoms with Gasteiger partial charge in [-0.3, -0.25) is 0 Å². The monoisotopic (exact) mass is 387 g/mol. The quantitative estimate of drug-likeness (QED) is 0.368. The molecule has 4 aromatic carbocycles. The van der Waals surface area contributed by atoms with E-state index in [4.69, 9.17) is 4.74 Å². The van der Waals surface area contributed by atoms with Crippen LogP contribution in [0.5, 0.6) is 11.5 Å². The fraction of sp³-hybridized carbons (Fsp3) is 0.111. The molecule has 144 valence electrons. The minimum absolute atomic E-state index is 0.177. The highest BCUT2D eigenvalue weighted by Gasteiger charge is 2.42. The van der Waals surface area contributed by atoms with Crippen LogP contribution in [0.1, 0.15) is 16.7 Å². The van der Waals surface area contributed by atoms with Crippen molar-refractivity contribution < 1.29 is 4.74 Å². The number of nitrogens with zero attached hydrogens (tertiary/aromatic N) is 1. The molecule has 0 N–H and O–H groups in total. The highest BCUT2D eigenvalue weighted by molar-refractivity contribution is 6.99. The van der Waals surface area contributed by atoms with Gasteiger partial charge in [0, 0.05) is 17.1 Å². The standard InChI is InChI=1S/C27H22BNO/c1-17-13-19(3)26-22(14-17)29(20-9-5-4-6-10-20)23-15-18(2)16-25-27(23)28(26)21-11-7-8-12-24(21)30-25/h4-16H,1-3H3. The molecule has 0 aromatic heterocycles. The summed E-state index contributed by atoms with van der Waals surface area (Å²) in [6.45, 7) is 6.75. The number of anilines is 3. The largest absolute Gasteiger partial charge is 0.458 e. The van der Waals surface area contributed by atoms with Crippen LogP contribution in [0.4, 0.5) is 17.1 Å². The molecule has 6 rings (SSSR count). The molecule has 4 aromatic rings. The molecule has 0 saturated heterocycles. The SMILES string of the molecule is Cc1cc(C)c2c(c1)N(c1ccccc1)c1cc(C)cc3c1B2c1ccccc1O3. The summed E-state index contributed by atoms with van der Waals surface area (Å²) in [5.41, 5.74) is 11.4. The zero-order valence-corrected chi connectivity index (χ0v) is 17.4. The van der Waals surface area contributed by atoms with Gasteiger partial charge in [0.1, 0.15) is 11.5 Å². The second-order valence-electron chi connectivity index (χ2n) is 8.45. The van der Waals surface area contributed by atoms with Crippen LogP contribution >= 0.6 is 0 Å². The lowest BCUT2D eigenvalue weighted by Gasteiger charge is -2.41. The average molecular weight is 387 g/mol. The van der Waals surface area contributed by atoms with Crippen LogP contribution in [0, 0.1) is 20.8 Å². The average Bonchev–Trinajstić information content (AvgIpc) is 2.73. The van der Waals surface area contributed by atoms with Crippen molar-refractivity contribution in [3.8, 4) is 11.5 Å². The van der Waals surface area contributed by atoms with E-state index < -0.39 is 0 Å². The Labute approximate surface area is 177 Å². The fourth-order valence-corrected chi connectivity index (χ4v) is 5.19. The van der Waals surface area contributed by atoms with Crippen LogP contribution in [-0.2, 0) is 0 Å². The van der Waals surface area contributed by atoms with Gasteiger partial charge in [0.05, 0.1) is 0 Å². The second kappa shape index (κ2) is 6.27. The summed E-state index contributed by atoms with van der Waals surface area (Å²) >= 11 is 0. The van der Waals surface area contributed by atoms with Crippen molar-refractivity contribution in [2.24, 2.45) is 0 Å². The fourth-order valence-electron chi connectivity index (χ4n) is 5.19. The molecule has 0 radical (unpaired) electrons. The van der Waals surface area contributed by atoms with E-state index in [1.54, 1.807) is 0 Å². The predicted octanol–water partition coefficient (Wildman–Crippen LogP) is 5.02. The Balaban J connectivity index is 1.76. The summed E-state index contributed by atoms with van der Waals surface area (Å²) in [6, 6.07) is 28.3. The topological polar surface area (TPSA) is 12.5 Å². The van der Waals surface area contributed by atoms with Gasteiger partial charge in [0.25, 0.3) is 6.71 Å². The Kier molecular flexibility index (Phi) is 3.64. The van der Waals surface area contributed by atoms with Gasteiger partial charge in [-0.25, -0.2) is 0 Å². The van der Waals surface area contributed by atoms with E-state index in [9.17, 15) is 0 Å². The van der Waals surface area contributed by atoms with Crippen molar-refractivity contribution in [3.63, 3.8) is 0 Å². The Bertz CT molecular complexity index is 1290. The molecule has 3 heteroatoms. The van der Waals surface area contributed by atoms with Crippen molar-refractivity contribution >= 4 is 40.2 Å². The maximum absolute atomic E-state index is 6.44. The molecular formula is C27H22BNO. The van der Waals surface area contributed by atoms with E-state index in [0.717, 1.165) is 11.5 Å². The van der Waals surface area contributed by atoms with E-state index in [0.29, 0.717) is 0 Å². The van der Waals surface area contributed by atoms with Gasteiger partial charge in [-0.2, -0.15) is 0 Å². The van der Waals surface area contributed by atoms with Gasteiger partial charge in [0.2, 0.25) is 0 Å². The van der Waals surface area contributed by atoms with Crippen molar-refractivity contribution in [3.05, 3.63) is 95.6 Å². The molecule has 0 aliphatic carbocycles. The smallest absolute Gasteiger partial charge is 0.256 e. The Morgan fingerprint density at radius 2 is 1.33 bits per heavy atom. The zero-order valence-electron chi connectivity index (χ0n) is 17.4. The first-order chi connectivity index (χ1) is 14.6. The number of ether oxygens (including phenoxy) is 1. The minimum atomic E-state index is 0.177. The first kappa shape index (κ1) is 17.4. The highest BCUT2D eigenvalue weighted by Crippen LogP contribution is 2.41. The first-order valence-corrected chi connectivity index (χ1v) is 10.5. The predicted molar refractivity (Wildman–Crippen MR) is 127 cm³/mol. The van der Waals surface area contributed by atoms with Gasteiger partial charge < -0.3 is 9.64 Å². The summed E-state index contributed by atoms with van der Waals surface area (Å²) in [5.74, 6) is 1.94. The van der Waals surface area contributed by atoms with E-state index in [1.807, 2.05) is 0 Å². The molecule has 30 heavy (non-hydrogen) atoms. The van der Waals surface area contributed by atoms with Crippen LogP contribution in [0.3, 0.4) is 0 Å². The van der Waals surface area contributed by atoms with Gasteiger partial charge in [-0.1, -0.05) is 48.0 Å². The minimum Gasteiger partial charge on any atom is -0.458 e. The van der Waals surface area contributed by atoms with Crippen LogP contribution in [-0.4, -0.2) is 6.71 Å². The van der Waals surface area contributed by atoms with Crippen LogP contribution in [0.25, 0.3) is 0 Å². The third kappa shape index (κ3) is 2.38. The number of benzene rings is 4. The number of rotatable bonds is 1. The summed E-state index contributed by atoms with van der Waals surface area (Å²) in [5, 5.41) is 0. The van der Waals surface area contributed by atoms with Crippen LogP contribution < -0.4 is 26.0 Å². The van der Waals surface area contributed by atoms with Crippen molar-refractivity contribution in [1.82, 2.24) is 0 Å². The lowest BCUT2D eigenvalue weighted by molar-refractivity contribution is 0.487. The zero-order chi connectivity index (χ0) is 20.4. The van der Waals surface area contributed by atoms with E-state index in [-0.39, 0.29) is 6.71 Å². The number of hydrogen-bond donors (Lipinski definition) is 0. The Hall–Kier alpha value is -3.46. The molecule has 2 nitrogen and oxygen atoms in total. The third-order valence-corrected chi connectivity index (χ3v) is 6.30. The number of hydrogen-bond acceptors (Lipinski definition) is 2. The van der Waals surface area contributed by atoms with E-state index >= 15 is 0 Å². The molecule has 2 aliphatic heterocycles. The molecule has 0 unspecified atom stereocenters. The molecule has 0 bridgehead atoms. The third-order valence-electron chi connectivity index (χ3n) is 6.30. The maximum atomic E-state index is 6.44. The molecule has 0 spiro atoms. The molecule has 0 atom stereocenters. The lowest BCUT2D eigenvalue weighted by atomic mass is 9.33. The molecule has 2 heterocycles. The molecule has 0 saturated carbocycles. The van der Waals surface area contributed by atoms with Crippen molar-refractivity contribution in [1.29, 1.82) is 0 Å². The van der Waals surface area contributed by atoms with Gasteiger partial charge >= 0.3 is 0 Å². The molecule has 0 amide bonds. The summed E-state index contributed by atoms with van der Waals surface area (Å²) in [7, 11) is 0. The van der Waals surface area contributed by atoms with Gasteiger partial charge in [-0.05, 0) is 84.7 Å². The van der Waals surface area contributed by atoms with Gasteiger partial charge in [-0.15, -0.1) is 0 Å². The second-order valence-corrected chi connectivity index (χ2v) is 8.45. The molecule has 2 aliphatic rings. The number of aryl methyl sites for hydroxylation is 3. The Morgan fingerprint density at radius 1 is 0.667 bits per heavy atom. The molecular weight excluding hydrogens is 365 g/mol. The maximum Gasteiger partial charge on any atom is 0.256 e. The normalized spacial score (nSPS) is 13.3. The van der Waals surface area contributed by atoms with Crippen LogP contribution in [0.2, 0.25) is 0 Å². The highest BCUT2D eigenvalue weighted by atomic mass is 16.5. The summed E-state index contributed by atoms with van der Waals surface area (Å²) in [6.07, 6.45) is 0. The lowest BCUT2D eigenvalue weighted by Crippen LogP contribution is -2.60. The molecule has 0 fully saturated rings. The van der Waals surface area contributed by atoms with Gasteiger partial charge in [0.15, 0.2) is 0 Å². The van der Waals surface area contributed by atoms with Crippen molar-refractivity contribution in [2.45, 2.75) is 20.8 Å². The number of fused-ring (bicyclic) bond motifs is 4. The van der Waals surface area contributed by atoms with Crippen molar-refractivity contribution in [2.75, 3.05) is 4.90 Å². The number of para-hydroxylation sites is 2. The van der Waals surface area contributed by atoms with E-state index in [2.05, 4.69) is 105 Å². The Morgan fingerprint density at radius 3 is 2.13 bits per heavy atom. The van der Waals surface area contributed by atoms with E-state index in [1.165, 1.54) is 50.1 Å². The van der Waals surface area contributed by atoms with Crippen LogP contribution in [0.15, 0.2) is 78.9 Å². The summed E-state index contributed by atoms with van der Waals surface area (Å²) < 4.78 is 6.44. The first-order valence-electron chi connectivity index (χ1n) is 10.5.